The lowest BCUT2D eigenvalue weighted by atomic mass is 10.0. The molecule has 1 amide bonds. The van der Waals surface area contributed by atoms with E-state index in [1.54, 1.807) is 0 Å². The van der Waals surface area contributed by atoms with E-state index in [0.717, 1.165) is 6.20 Å². The van der Waals surface area contributed by atoms with Gasteiger partial charge in [0.05, 0.1) is 11.0 Å². The van der Waals surface area contributed by atoms with E-state index < -0.39 is 29.3 Å². The highest BCUT2D eigenvalue weighted by molar-refractivity contribution is 5.64. The van der Waals surface area contributed by atoms with Crippen LogP contribution in [-0.4, -0.2) is 44.7 Å². The Morgan fingerprint density at radius 3 is 3.05 bits per heavy atom. The minimum Gasteiger partial charge on any atom is -0.465 e. The predicted octanol–water partition coefficient (Wildman–Crippen LogP) is 1.15. The first-order valence-electron chi connectivity index (χ1n) is 6.31. The summed E-state index contributed by atoms with van der Waals surface area (Å²) < 4.78 is 20.9. The summed E-state index contributed by atoms with van der Waals surface area (Å²) >= 11 is 0. The summed E-state index contributed by atoms with van der Waals surface area (Å²) in [4.78, 5) is 21.0. The average Bonchev–Trinajstić information content (AvgIpc) is 2.68. The van der Waals surface area contributed by atoms with E-state index in [2.05, 4.69) is 10.4 Å². The number of carboxylic acid groups (broad SMARTS) is 1. The molecule has 0 bridgehead atoms. The Hall–Kier alpha value is -2.23. The zero-order chi connectivity index (χ0) is 15.6. The first-order chi connectivity index (χ1) is 9.90. The highest BCUT2D eigenvalue weighted by Crippen LogP contribution is 2.34. The van der Waals surface area contributed by atoms with Gasteiger partial charge in [-0.15, -0.1) is 0 Å². The third-order valence-corrected chi connectivity index (χ3v) is 3.40. The molecule has 1 aromatic heterocycles. The highest BCUT2D eigenvalue weighted by atomic mass is 19.1. The molecule has 3 unspecified atom stereocenters. The Morgan fingerprint density at radius 1 is 1.71 bits per heavy atom. The van der Waals surface area contributed by atoms with Gasteiger partial charge < -0.3 is 15.2 Å². The summed E-state index contributed by atoms with van der Waals surface area (Å²) in [5.74, 6) is 0. The second kappa shape index (κ2) is 6.04. The normalized spacial score (nSPS) is 26.1. The largest absolute Gasteiger partial charge is 0.465 e. The van der Waals surface area contributed by atoms with E-state index in [1.807, 2.05) is 0 Å². The maximum absolute atomic E-state index is 14.2. The number of nitrogens with one attached hydrogen (secondary N) is 1. The number of amides is 1. The fraction of sp³-hybridized carbons (Fsp3) is 0.636. The Kier molecular flexibility index (Phi) is 4.36. The summed E-state index contributed by atoms with van der Waals surface area (Å²) in [6, 6.07) is -0.889. The van der Waals surface area contributed by atoms with Crippen LogP contribution in [0.25, 0.3) is 0 Å². The van der Waals surface area contributed by atoms with Crippen molar-refractivity contribution in [2.24, 2.45) is 7.05 Å². The molecule has 2 N–H and O–H groups in total. The number of hydrogen-bond donors (Lipinski definition) is 2. The third kappa shape index (κ3) is 3.27. The van der Waals surface area contributed by atoms with E-state index in [-0.39, 0.29) is 30.8 Å². The van der Waals surface area contributed by atoms with Gasteiger partial charge in [-0.3, -0.25) is 14.8 Å². The summed E-state index contributed by atoms with van der Waals surface area (Å²) in [5, 5.41) is 25.5. The smallest absolute Gasteiger partial charge is 0.404 e. The van der Waals surface area contributed by atoms with Crippen molar-refractivity contribution in [1.82, 2.24) is 15.1 Å². The lowest BCUT2D eigenvalue weighted by Crippen LogP contribution is -2.40. The van der Waals surface area contributed by atoms with E-state index in [9.17, 15) is 19.3 Å². The standard InChI is InChI=1S/C11H15FN4O5/c1-15-10(8(5-13-15)16(19)20)9-4-6(12)7(2-3-21-9)14-11(17)18/h5-7,9,14H,2-4H2,1H3,(H,17,18). The van der Waals surface area contributed by atoms with Crippen molar-refractivity contribution < 1.29 is 24.0 Å². The molecule has 21 heavy (non-hydrogen) atoms. The van der Waals surface area contributed by atoms with Crippen molar-refractivity contribution in [2.45, 2.75) is 31.2 Å². The van der Waals surface area contributed by atoms with Crippen LogP contribution in [-0.2, 0) is 11.8 Å². The van der Waals surface area contributed by atoms with Crippen LogP contribution in [0.1, 0.15) is 24.6 Å². The molecule has 0 aliphatic carbocycles. The van der Waals surface area contributed by atoms with Crippen LogP contribution in [0.4, 0.5) is 14.9 Å². The van der Waals surface area contributed by atoms with Gasteiger partial charge in [-0.2, -0.15) is 5.10 Å². The van der Waals surface area contributed by atoms with Crippen molar-refractivity contribution in [3.63, 3.8) is 0 Å². The first kappa shape index (κ1) is 15.2. The molecule has 1 fully saturated rings. The summed E-state index contributed by atoms with van der Waals surface area (Å²) in [7, 11) is 1.51. The number of carbonyl (C=O) groups is 1. The molecule has 1 saturated heterocycles. The minimum absolute atomic E-state index is 0.0956. The Morgan fingerprint density at radius 2 is 2.43 bits per heavy atom. The SMILES string of the molecule is Cn1ncc([N+](=O)[O-])c1C1CC(F)C(NC(=O)O)CCO1. The average molecular weight is 302 g/mol. The summed E-state index contributed by atoms with van der Waals surface area (Å²) in [5.41, 5.74) is -0.0574. The Balaban J connectivity index is 2.21. The number of aryl methyl sites for hydroxylation is 1. The number of aromatic nitrogens is 2. The molecule has 0 saturated carbocycles. The Bertz CT molecular complexity index is 549. The van der Waals surface area contributed by atoms with Crippen LogP contribution in [0.5, 0.6) is 0 Å². The van der Waals surface area contributed by atoms with Crippen LogP contribution >= 0.6 is 0 Å². The van der Waals surface area contributed by atoms with Crippen LogP contribution in [0.3, 0.4) is 0 Å². The van der Waals surface area contributed by atoms with Crippen LogP contribution < -0.4 is 5.32 Å². The highest BCUT2D eigenvalue weighted by Gasteiger charge is 2.35. The van der Waals surface area contributed by atoms with Crippen molar-refractivity contribution >= 4 is 11.8 Å². The predicted molar refractivity (Wildman–Crippen MR) is 67.6 cm³/mol. The van der Waals surface area contributed by atoms with Gasteiger partial charge in [0, 0.05) is 20.1 Å². The molecule has 0 spiro atoms. The van der Waals surface area contributed by atoms with E-state index in [0.29, 0.717) is 0 Å². The molecule has 3 atom stereocenters. The lowest BCUT2D eigenvalue weighted by Gasteiger charge is -2.19. The molecule has 1 aromatic rings. The molecule has 1 aliphatic rings. The molecule has 10 heteroatoms. The van der Waals surface area contributed by atoms with Gasteiger partial charge in [0.2, 0.25) is 0 Å². The summed E-state index contributed by atoms with van der Waals surface area (Å²) in [6.07, 6.45) is -2.57. The van der Waals surface area contributed by atoms with Gasteiger partial charge in [0.25, 0.3) is 0 Å². The molecule has 0 aromatic carbocycles. The molecular weight excluding hydrogens is 287 g/mol. The van der Waals surface area contributed by atoms with E-state index in [1.165, 1.54) is 11.7 Å². The first-order valence-corrected chi connectivity index (χ1v) is 6.31. The molecule has 116 valence electrons. The minimum atomic E-state index is -1.50. The van der Waals surface area contributed by atoms with Crippen molar-refractivity contribution in [3.8, 4) is 0 Å². The molecule has 1 aliphatic heterocycles. The van der Waals surface area contributed by atoms with Crippen molar-refractivity contribution in [1.29, 1.82) is 0 Å². The van der Waals surface area contributed by atoms with Gasteiger partial charge in [0.1, 0.15) is 24.2 Å². The van der Waals surface area contributed by atoms with Crippen LogP contribution in [0, 0.1) is 10.1 Å². The molecular formula is C11H15FN4O5. The number of nitro groups is 1. The fourth-order valence-corrected chi connectivity index (χ4v) is 2.42. The quantitative estimate of drug-likeness (QED) is 0.638. The number of nitrogens with zero attached hydrogens (tertiary/aromatic N) is 3. The van der Waals surface area contributed by atoms with Gasteiger partial charge in [-0.25, -0.2) is 9.18 Å². The molecule has 2 heterocycles. The topological polar surface area (TPSA) is 120 Å². The van der Waals surface area contributed by atoms with Crippen LogP contribution in [0.2, 0.25) is 0 Å². The van der Waals surface area contributed by atoms with Gasteiger partial charge in [-0.1, -0.05) is 0 Å². The monoisotopic (exact) mass is 302 g/mol. The maximum atomic E-state index is 14.2. The summed E-state index contributed by atoms with van der Waals surface area (Å²) in [6.45, 7) is 0.0956. The fourth-order valence-electron chi connectivity index (χ4n) is 2.42. The molecule has 0 radical (unpaired) electrons. The number of halogens is 1. The second-order valence-corrected chi connectivity index (χ2v) is 4.75. The number of rotatable bonds is 3. The van der Waals surface area contributed by atoms with E-state index in [4.69, 9.17) is 9.84 Å². The third-order valence-electron chi connectivity index (χ3n) is 3.40. The van der Waals surface area contributed by atoms with Crippen molar-refractivity contribution in [3.05, 3.63) is 22.0 Å². The second-order valence-electron chi connectivity index (χ2n) is 4.75. The number of ether oxygens (including phenoxy) is 1. The molecule has 9 nitrogen and oxygen atoms in total. The maximum Gasteiger partial charge on any atom is 0.404 e. The lowest BCUT2D eigenvalue weighted by molar-refractivity contribution is -0.386. The molecule has 2 rings (SSSR count). The van der Waals surface area contributed by atoms with Gasteiger partial charge >= 0.3 is 11.8 Å². The Labute approximate surface area is 118 Å². The van der Waals surface area contributed by atoms with Gasteiger partial charge in [-0.05, 0) is 6.42 Å². The van der Waals surface area contributed by atoms with Crippen LogP contribution in [0.15, 0.2) is 6.20 Å². The number of alkyl halides is 1. The van der Waals surface area contributed by atoms with E-state index >= 15 is 0 Å². The van der Waals surface area contributed by atoms with Gasteiger partial charge in [0.15, 0.2) is 0 Å². The zero-order valence-electron chi connectivity index (χ0n) is 11.2. The zero-order valence-corrected chi connectivity index (χ0v) is 11.2. The van der Waals surface area contributed by atoms with Crippen molar-refractivity contribution in [2.75, 3.05) is 6.61 Å². The number of hydrogen-bond acceptors (Lipinski definition) is 5.